The minimum Gasteiger partial charge on any atom is -0.352 e. The Labute approximate surface area is 129 Å². The molecule has 3 nitrogen and oxygen atoms in total. The van der Waals surface area contributed by atoms with Crippen LogP contribution in [0.3, 0.4) is 0 Å². The second-order valence-corrected chi connectivity index (χ2v) is 6.20. The summed E-state index contributed by atoms with van der Waals surface area (Å²) in [7, 11) is 0. The number of carbonyl (C=O) groups is 1. The summed E-state index contributed by atoms with van der Waals surface area (Å²) >= 11 is 1.55. The van der Waals surface area contributed by atoms with E-state index in [1.165, 1.54) is 11.1 Å². The van der Waals surface area contributed by atoms with Crippen LogP contribution in [-0.4, -0.2) is 30.4 Å². The second-order valence-electron chi connectivity index (χ2n) is 5.42. The van der Waals surface area contributed by atoms with Gasteiger partial charge in [-0.1, -0.05) is 24.3 Å². The van der Waals surface area contributed by atoms with E-state index in [2.05, 4.69) is 34.5 Å². The lowest BCUT2D eigenvalue weighted by atomic mass is 10.00. The first kappa shape index (κ1) is 14.3. The van der Waals surface area contributed by atoms with Gasteiger partial charge in [-0.25, -0.2) is 0 Å². The Hall–Kier alpha value is -1.65. The Morgan fingerprint density at radius 1 is 1.24 bits per heavy atom. The average Bonchev–Trinajstić information content (AvgIpc) is 3.06. The number of carbonyl (C=O) groups excluding carboxylic acids is 1. The molecule has 0 aliphatic carbocycles. The molecule has 1 aliphatic heterocycles. The maximum absolute atomic E-state index is 11.8. The molecule has 2 aromatic rings. The van der Waals surface area contributed by atoms with Crippen molar-refractivity contribution in [1.29, 1.82) is 0 Å². The molecule has 0 radical (unpaired) electrons. The number of nitrogens with one attached hydrogen (secondary N) is 1. The molecule has 1 aliphatic rings. The van der Waals surface area contributed by atoms with Gasteiger partial charge in [0.1, 0.15) is 0 Å². The Morgan fingerprint density at radius 3 is 2.90 bits per heavy atom. The van der Waals surface area contributed by atoms with Crippen LogP contribution < -0.4 is 5.32 Å². The predicted octanol–water partition coefficient (Wildman–Crippen LogP) is 2.93. The smallest absolute Gasteiger partial charge is 0.252 e. The Bertz CT molecular complexity index is 595. The maximum Gasteiger partial charge on any atom is 0.252 e. The van der Waals surface area contributed by atoms with E-state index in [1.54, 1.807) is 11.3 Å². The van der Waals surface area contributed by atoms with Crippen molar-refractivity contribution in [1.82, 2.24) is 10.2 Å². The van der Waals surface area contributed by atoms with Gasteiger partial charge in [-0.05, 0) is 35.4 Å². The van der Waals surface area contributed by atoms with Crippen LogP contribution in [0.1, 0.15) is 27.9 Å². The molecule has 0 saturated heterocycles. The molecule has 0 unspecified atom stereocenters. The van der Waals surface area contributed by atoms with Gasteiger partial charge in [0.25, 0.3) is 5.91 Å². The number of thiophene rings is 1. The first-order valence-corrected chi connectivity index (χ1v) is 8.37. The highest BCUT2D eigenvalue weighted by atomic mass is 32.1. The summed E-state index contributed by atoms with van der Waals surface area (Å²) in [6.45, 7) is 3.94. The second kappa shape index (κ2) is 6.87. The molecular weight excluding hydrogens is 280 g/mol. The molecule has 21 heavy (non-hydrogen) atoms. The number of hydrogen-bond donors (Lipinski definition) is 1. The first-order valence-electron chi connectivity index (χ1n) is 7.42. The zero-order chi connectivity index (χ0) is 14.5. The molecule has 0 bridgehead atoms. The molecule has 0 spiro atoms. The maximum atomic E-state index is 11.8. The van der Waals surface area contributed by atoms with E-state index in [1.807, 2.05) is 16.8 Å². The molecule has 1 amide bonds. The van der Waals surface area contributed by atoms with E-state index in [0.29, 0.717) is 0 Å². The molecule has 110 valence electrons. The zero-order valence-corrected chi connectivity index (χ0v) is 12.9. The van der Waals surface area contributed by atoms with E-state index >= 15 is 0 Å². The molecule has 1 aromatic carbocycles. The van der Waals surface area contributed by atoms with E-state index < -0.39 is 0 Å². The fourth-order valence-electron chi connectivity index (χ4n) is 2.75. The molecule has 2 heterocycles. The number of rotatable bonds is 5. The van der Waals surface area contributed by atoms with Crippen LogP contribution in [0.5, 0.6) is 0 Å². The van der Waals surface area contributed by atoms with Gasteiger partial charge in [0.05, 0.1) is 0 Å². The molecule has 0 fully saturated rings. The van der Waals surface area contributed by atoms with E-state index in [4.69, 9.17) is 0 Å². The lowest BCUT2D eigenvalue weighted by Gasteiger charge is -2.28. The number of hydrogen-bond acceptors (Lipinski definition) is 3. The fourth-order valence-corrected chi connectivity index (χ4v) is 3.38. The van der Waals surface area contributed by atoms with Crippen molar-refractivity contribution in [3.05, 3.63) is 57.8 Å². The fraction of sp³-hybridized carbons (Fsp3) is 0.353. The van der Waals surface area contributed by atoms with Crippen LogP contribution in [0.15, 0.2) is 41.1 Å². The van der Waals surface area contributed by atoms with Gasteiger partial charge in [0.2, 0.25) is 0 Å². The molecular formula is C17H20N2OS. The average molecular weight is 300 g/mol. The molecule has 4 heteroatoms. The van der Waals surface area contributed by atoms with Crippen LogP contribution in [0.2, 0.25) is 0 Å². The molecule has 1 aromatic heterocycles. The summed E-state index contributed by atoms with van der Waals surface area (Å²) < 4.78 is 0. The van der Waals surface area contributed by atoms with Crippen LogP contribution >= 0.6 is 11.3 Å². The molecule has 0 saturated carbocycles. The predicted molar refractivity (Wildman–Crippen MR) is 86.7 cm³/mol. The van der Waals surface area contributed by atoms with Gasteiger partial charge in [-0.3, -0.25) is 9.69 Å². The quantitative estimate of drug-likeness (QED) is 0.861. The highest BCUT2D eigenvalue weighted by Crippen LogP contribution is 2.18. The summed E-state index contributed by atoms with van der Waals surface area (Å²) in [6, 6.07) is 10.5. The summed E-state index contributed by atoms with van der Waals surface area (Å²) in [5.41, 5.74) is 3.71. The zero-order valence-electron chi connectivity index (χ0n) is 12.0. The summed E-state index contributed by atoms with van der Waals surface area (Å²) in [4.78, 5) is 14.3. The molecule has 0 atom stereocenters. The summed E-state index contributed by atoms with van der Waals surface area (Å²) in [5.74, 6) is 0.0419. The monoisotopic (exact) mass is 300 g/mol. The van der Waals surface area contributed by atoms with Crippen molar-refractivity contribution in [2.75, 3.05) is 19.6 Å². The van der Waals surface area contributed by atoms with E-state index in [0.717, 1.165) is 44.6 Å². The van der Waals surface area contributed by atoms with Crippen LogP contribution in [0.4, 0.5) is 0 Å². The summed E-state index contributed by atoms with van der Waals surface area (Å²) in [6.07, 6.45) is 2.13. The number of fused-ring (bicyclic) bond motifs is 1. The van der Waals surface area contributed by atoms with Crippen molar-refractivity contribution in [3.63, 3.8) is 0 Å². The standard InChI is InChI=1S/C17H20N2OS/c20-17(16-7-11-21-13-16)18-8-3-9-19-10-6-14-4-1-2-5-15(14)12-19/h1-2,4-5,7,11,13H,3,6,8-10,12H2,(H,18,20). The lowest BCUT2D eigenvalue weighted by molar-refractivity contribution is 0.0951. The highest BCUT2D eigenvalue weighted by molar-refractivity contribution is 7.08. The van der Waals surface area contributed by atoms with Gasteiger partial charge >= 0.3 is 0 Å². The normalized spacial score (nSPS) is 14.7. The van der Waals surface area contributed by atoms with Crippen molar-refractivity contribution < 1.29 is 4.79 Å². The SMILES string of the molecule is O=C(NCCCN1CCc2ccccc2C1)c1ccsc1. The summed E-state index contributed by atoms with van der Waals surface area (Å²) in [5, 5.41) is 6.80. The largest absolute Gasteiger partial charge is 0.352 e. The van der Waals surface area contributed by atoms with E-state index in [-0.39, 0.29) is 5.91 Å². The van der Waals surface area contributed by atoms with Crippen LogP contribution in [0.25, 0.3) is 0 Å². The number of benzene rings is 1. The number of amides is 1. The minimum atomic E-state index is 0.0419. The van der Waals surface area contributed by atoms with E-state index in [9.17, 15) is 4.79 Å². The Morgan fingerprint density at radius 2 is 2.10 bits per heavy atom. The Balaban J connectivity index is 1.40. The van der Waals surface area contributed by atoms with Gasteiger partial charge in [0.15, 0.2) is 0 Å². The lowest BCUT2D eigenvalue weighted by Crippen LogP contribution is -2.33. The molecule has 3 rings (SSSR count). The van der Waals surface area contributed by atoms with Crippen molar-refractivity contribution >= 4 is 17.2 Å². The third-order valence-electron chi connectivity index (χ3n) is 3.93. The first-order chi connectivity index (χ1) is 10.3. The van der Waals surface area contributed by atoms with Gasteiger partial charge in [-0.15, -0.1) is 0 Å². The Kier molecular flexibility index (Phi) is 4.68. The third-order valence-corrected chi connectivity index (χ3v) is 4.61. The highest BCUT2D eigenvalue weighted by Gasteiger charge is 2.15. The van der Waals surface area contributed by atoms with Gasteiger partial charge in [-0.2, -0.15) is 11.3 Å². The molecule has 1 N–H and O–H groups in total. The topological polar surface area (TPSA) is 32.3 Å². The minimum absolute atomic E-state index is 0.0419. The van der Waals surface area contributed by atoms with Crippen molar-refractivity contribution in [2.45, 2.75) is 19.4 Å². The van der Waals surface area contributed by atoms with Gasteiger partial charge < -0.3 is 5.32 Å². The van der Waals surface area contributed by atoms with Crippen LogP contribution in [0, 0.1) is 0 Å². The third kappa shape index (κ3) is 3.71. The van der Waals surface area contributed by atoms with Crippen molar-refractivity contribution in [3.8, 4) is 0 Å². The van der Waals surface area contributed by atoms with Crippen molar-refractivity contribution in [2.24, 2.45) is 0 Å². The van der Waals surface area contributed by atoms with Crippen LogP contribution in [-0.2, 0) is 13.0 Å². The number of nitrogens with zero attached hydrogens (tertiary/aromatic N) is 1. The van der Waals surface area contributed by atoms with Gasteiger partial charge in [0, 0.05) is 37.1 Å².